The molecule has 3 rings (SSSR count). The van der Waals surface area contributed by atoms with Crippen molar-refractivity contribution in [2.24, 2.45) is 5.41 Å². The van der Waals surface area contributed by atoms with Gasteiger partial charge in [-0.3, -0.25) is 12.2 Å². The van der Waals surface area contributed by atoms with Crippen LogP contribution < -0.4 is 24.8 Å². The average molecular weight is 534 g/mol. The van der Waals surface area contributed by atoms with Gasteiger partial charge in [-0.1, -0.05) is 58.2 Å². The van der Waals surface area contributed by atoms with Gasteiger partial charge in [0.15, 0.2) is 0 Å². The van der Waals surface area contributed by atoms with Gasteiger partial charge in [-0.25, -0.2) is 16.8 Å². The molecule has 0 atom stereocenters. The fourth-order valence-corrected chi connectivity index (χ4v) is 6.20. The van der Waals surface area contributed by atoms with Gasteiger partial charge in [0, 0.05) is 8.07 Å². The SMILES string of the molecule is CC1=[C-]C(C)(C)C(C)=C1C.C[Si]1(C2=[C-]CC=C2)CCC1.[Cl-].[Cl-].[Hf+4]. The molecule has 0 N–H and O–H groups in total. The van der Waals surface area contributed by atoms with E-state index in [1.54, 1.807) is 5.20 Å². The molecule has 1 aliphatic heterocycles. The molecule has 0 aromatic heterocycles. The second-order valence-electron chi connectivity index (χ2n) is 7.24. The van der Waals surface area contributed by atoms with Crippen molar-refractivity contribution in [2.75, 3.05) is 0 Å². The molecule has 1 fully saturated rings. The average Bonchev–Trinajstić information content (AvgIpc) is 2.93. The van der Waals surface area contributed by atoms with Crippen molar-refractivity contribution in [3.8, 4) is 0 Å². The fourth-order valence-electron chi connectivity index (χ4n) is 3.20. The van der Waals surface area contributed by atoms with Gasteiger partial charge in [0.1, 0.15) is 0 Å². The maximum atomic E-state index is 3.47. The largest absolute Gasteiger partial charge is 4.00 e. The molecule has 1 saturated heterocycles. The van der Waals surface area contributed by atoms with Crippen LogP contribution in [0.25, 0.3) is 0 Å². The Morgan fingerprint density at radius 3 is 1.87 bits per heavy atom. The van der Waals surface area contributed by atoms with E-state index in [4.69, 9.17) is 0 Å². The van der Waals surface area contributed by atoms with Crippen LogP contribution in [0.5, 0.6) is 0 Å². The van der Waals surface area contributed by atoms with E-state index in [0.29, 0.717) is 0 Å². The van der Waals surface area contributed by atoms with Crippen molar-refractivity contribution in [1.29, 1.82) is 0 Å². The van der Waals surface area contributed by atoms with Crippen LogP contribution in [-0.2, 0) is 25.8 Å². The summed E-state index contributed by atoms with van der Waals surface area (Å²) in [6, 6.07) is 3.03. The number of halogens is 2. The van der Waals surface area contributed by atoms with Gasteiger partial charge < -0.3 is 24.8 Å². The van der Waals surface area contributed by atoms with Gasteiger partial charge in [0.25, 0.3) is 0 Å². The van der Waals surface area contributed by atoms with Gasteiger partial charge in [0.2, 0.25) is 0 Å². The summed E-state index contributed by atoms with van der Waals surface area (Å²) in [6.07, 6.45) is 14.0. The maximum Gasteiger partial charge on any atom is 4.00 e. The van der Waals surface area contributed by atoms with Crippen molar-refractivity contribution < 1.29 is 50.7 Å². The third kappa shape index (κ3) is 5.83. The molecule has 0 amide bonds. The van der Waals surface area contributed by atoms with E-state index >= 15 is 0 Å². The molecule has 126 valence electrons. The zero-order valence-corrected chi connectivity index (χ0v) is 21.3. The van der Waals surface area contributed by atoms with E-state index in [1.165, 1.54) is 35.2 Å². The quantitative estimate of drug-likeness (QED) is 0.324. The number of allylic oxidation sites excluding steroid dienone is 8. The van der Waals surface area contributed by atoms with Gasteiger partial charge in [-0.2, -0.15) is 17.2 Å². The topological polar surface area (TPSA) is 0 Å². The molecule has 4 heteroatoms. The van der Waals surface area contributed by atoms with Crippen molar-refractivity contribution >= 4 is 8.07 Å². The zero-order chi connectivity index (χ0) is 15.0. The molecule has 0 radical (unpaired) electrons. The Morgan fingerprint density at radius 2 is 1.65 bits per heavy atom. The second kappa shape index (κ2) is 9.94. The third-order valence-corrected chi connectivity index (χ3v) is 9.92. The Kier molecular flexibility index (Phi) is 11.2. The van der Waals surface area contributed by atoms with E-state index < -0.39 is 8.07 Å². The molecule has 1 heterocycles. The van der Waals surface area contributed by atoms with Crippen LogP contribution in [0.4, 0.5) is 0 Å². The van der Waals surface area contributed by atoms with Crippen molar-refractivity contribution in [3.05, 3.63) is 46.2 Å². The summed E-state index contributed by atoms with van der Waals surface area (Å²) >= 11 is 0. The van der Waals surface area contributed by atoms with Gasteiger partial charge in [-0.15, -0.1) is 13.3 Å². The molecule has 0 spiro atoms. The molecule has 3 aliphatic rings. The molecule has 2 aliphatic carbocycles. The molecule has 0 saturated carbocycles. The number of hydrogen-bond donors (Lipinski definition) is 0. The molecular weight excluding hydrogens is 506 g/mol. The summed E-state index contributed by atoms with van der Waals surface area (Å²) in [5.74, 6) is 0. The van der Waals surface area contributed by atoms with Gasteiger partial charge in [0.05, 0.1) is 0 Å². The van der Waals surface area contributed by atoms with E-state index in [9.17, 15) is 0 Å². The van der Waals surface area contributed by atoms with E-state index in [0.717, 1.165) is 6.42 Å². The Labute approximate surface area is 175 Å². The van der Waals surface area contributed by atoms with Crippen LogP contribution in [0, 0.1) is 17.6 Å². The summed E-state index contributed by atoms with van der Waals surface area (Å²) in [5, 5.41) is 1.61. The zero-order valence-electron chi connectivity index (χ0n) is 15.2. The maximum absolute atomic E-state index is 3.47. The first-order valence-electron chi connectivity index (χ1n) is 7.84. The first kappa shape index (κ1) is 25.9. The summed E-state index contributed by atoms with van der Waals surface area (Å²) in [5.41, 5.74) is 4.39. The second-order valence-corrected chi connectivity index (χ2v) is 11.9. The van der Waals surface area contributed by atoms with Crippen LogP contribution in [-0.4, -0.2) is 8.07 Å². The summed E-state index contributed by atoms with van der Waals surface area (Å²) in [7, 11) is -0.845. The van der Waals surface area contributed by atoms with E-state index in [2.05, 4.69) is 65.5 Å². The predicted octanol–water partition coefficient (Wildman–Crippen LogP) is -0.185. The number of rotatable bonds is 1. The Balaban J connectivity index is 0. The Morgan fingerprint density at radius 1 is 1.09 bits per heavy atom. The first-order valence-corrected chi connectivity index (χ1v) is 10.8. The van der Waals surface area contributed by atoms with E-state index in [1.807, 2.05) is 0 Å². The van der Waals surface area contributed by atoms with Crippen molar-refractivity contribution in [2.45, 2.75) is 66.1 Å². The molecule has 0 unspecified atom stereocenters. The van der Waals surface area contributed by atoms with Crippen LogP contribution in [0.3, 0.4) is 0 Å². The molecule has 0 bridgehead atoms. The van der Waals surface area contributed by atoms with Crippen LogP contribution in [0.15, 0.2) is 34.1 Å². The van der Waals surface area contributed by atoms with Crippen LogP contribution in [0.1, 0.15) is 47.5 Å². The normalized spacial score (nSPS) is 22.3. The minimum absolute atomic E-state index is 0. The first-order chi connectivity index (χ1) is 9.26. The summed E-state index contributed by atoms with van der Waals surface area (Å²) < 4.78 is 0. The summed E-state index contributed by atoms with van der Waals surface area (Å²) in [6.45, 7) is 13.4. The number of hydrogen-bond acceptors (Lipinski definition) is 0. The van der Waals surface area contributed by atoms with Crippen molar-refractivity contribution in [3.63, 3.8) is 0 Å². The molecule has 23 heavy (non-hydrogen) atoms. The fraction of sp³-hybridized carbons (Fsp3) is 0.579. The minimum atomic E-state index is -0.845. The smallest absolute Gasteiger partial charge is 1.00 e. The molecule has 0 aromatic carbocycles. The van der Waals surface area contributed by atoms with Crippen LogP contribution in [0.2, 0.25) is 18.6 Å². The van der Waals surface area contributed by atoms with Gasteiger partial charge >= 0.3 is 25.8 Å². The van der Waals surface area contributed by atoms with Gasteiger partial charge in [-0.05, 0) is 0 Å². The summed E-state index contributed by atoms with van der Waals surface area (Å²) in [4.78, 5) is 0. The molecule has 0 aromatic rings. The Bertz CT molecular complexity index is 523. The van der Waals surface area contributed by atoms with Crippen LogP contribution >= 0.6 is 0 Å². The van der Waals surface area contributed by atoms with E-state index in [-0.39, 0.29) is 56.1 Å². The monoisotopic (exact) mass is 534 g/mol. The molecular formula is C19H28Cl2HfSi. The Hall–Kier alpha value is 0.627. The third-order valence-electron chi connectivity index (χ3n) is 5.36. The minimum Gasteiger partial charge on any atom is -1.00 e. The standard InChI is InChI=1S/C10H15.C9H13Si.2ClH.Hf/c1-7-6-10(4,5)9(3)8(7)2;1-10(7-4-8-10)9-5-2-3-6-9;;;/h1-5H3;2,5H,3-4,7-8H2,1H3;2*1H;/q2*-1;;;+4/p-2. The predicted molar refractivity (Wildman–Crippen MR) is 90.9 cm³/mol. The van der Waals surface area contributed by atoms with Crippen molar-refractivity contribution in [1.82, 2.24) is 0 Å². The molecule has 0 nitrogen and oxygen atoms in total.